The lowest BCUT2D eigenvalue weighted by Crippen LogP contribution is -2.25. The maximum absolute atomic E-state index is 12.7. The van der Waals surface area contributed by atoms with E-state index in [2.05, 4.69) is 14.9 Å². The first-order valence-electron chi connectivity index (χ1n) is 4.85. The maximum Gasteiger partial charge on any atom is 0.573 e. The number of hydrogen-bond donors (Lipinski definition) is 2. The maximum atomic E-state index is 12.7. The number of pyridine rings is 1. The Labute approximate surface area is 113 Å². The fourth-order valence-electron chi connectivity index (χ4n) is 1.38. The molecule has 0 amide bonds. The zero-order valence-electron chi connectivity index (χ0n) is 9.79. The minimum atomic E-state index is -5.46. The number of ether oxygens (including phenoxy) is 1. The SMILES string of the molecule is NCc1c(C(F)(F)F)cnc(S(N)(=O)=O)c1OC(F)(F)F. The minimum Gasteiger partial charge on any atom is -0.402 e. The fourth-order valence-corrected chi connectivity index (χ4v) is 2.00. The summed E-state index contributed by atoms with van der Waals surface area (Å²) in [6.45, 7) is -1.08. The summed E-state index contributed by atoms with van der Waals surface area (Å²) in [4.78, 5) is 2.80. The van der Waals surface area contributed by atoms with Crippen LogP contribution in [0.2, 0.25) is 0 Å². The van der Waals surface area contributed by atoms with Crippen LogP contribution in [0.15, 0.2) is 11.2 Å². The summed E-state index contributed by atoms with van der Waals surface area (Å²) in [5.41, 5.74) is 2.09. The summed E-state index contributed by atoms with van der Waals surface area (Å²) in [6, 6.07) is 0. The van der Waals surface area contributed by atoms with Gasteiger partial charge in [0.1, 0.15) is 0 Å². The monoisotopic (exact) mass is 339 g/mol. The first-order chi connectivity index (χ1) is 9.27. The third-order valence-corrected chi connectivity index (χ3v) is 2.93. The third kappa shape index (κ3) is 4.18. The van der Waals surface area contributed by atoms with Gasteiger partial charge in [0, 0.05) is 18.3 Å². The number of halogens is 6. The number of hydrogen-bond acceptors (Lipinski definition) is 5. The summed E-state index contributed by atoms with van der Waals surface area (Å²) >= 11 is 0. The molecular weight excluding hydrogens is 332 g/mol. The molecule has 0 fully saturated rings. The largest absolute Gasteiger partial charge is 0.573 e. The summed E-state index contributed by atoms with van der Waals surface area (Å²) in [6.07, 6.45) is -10.6. The Morgan fingerprint density at radius 1 is 1.19 bits per heavy atom. The molecule has 0 radical (unpaired) electrons. The second-order valence-corrected chi connectivity index (χ2v) is 5.06. The fraction of sp³-hybridized carbons (Fsp3) is 0.375. The van der Waals surface area contributed by atoms with Crippen LogP contribution in [0.3, 0.4) is 0 Å². The number of alkyl halides is 6. The Hall–Kier alpha value is -1.60. The number of rotatable bonds is 3. The van der Waals surface area contributed by atoms with Gasteiger partial charge in [-0.15, -0.1) is 13.2 Å². The number of sulfonamides is 1. The van der Waals surface area contributed by atoms with Crippen molar-refractivity contribution in [3.05, 3.63) is 17.3 Å². The highest BCUT2D eigenvalue weighted by molar-refractivity contribution is 7.89. The van der Waals surface area contributed by atoms with Gasteiger partial charge in [-0.3, -0.25) is 0 Å². The van der Waals surface area contributed by atoms with E-state index in [-0.39, 0.29) is 6.20 Å². The molecule has 0 aromatic carbocycles. The van der Waals surface area contributed by atoms with Crippen molar-refractivity contribution in [2.45, 2.75) is 24.1 Å². The predicted molar refractivity (Wildman–Crippen MR) is 55.2 cm³/mol. The lowest BCUT2D eigenvalue weighted by Gasteiger charge is -2.18. The Balaban J connectivity index is 3.73. The van der Waals surface area contributed by atoms with Crippen LogP contribution in [0, 0.1) is 0 Å². The second-order valence-electron chi connectivity index (χ2n) is 3.58. The van der Waals surface area contributed by atoms with E-state index in [4.69, 9.17) is 5.73 Å². The molecule has 1 heterocycles. The Morgan fingerprint density at radius 2 is 1.71 bits per heavy atom. The topological polar surface area (TPSA) is 108 Å². The van der Waals surface area contributed by atoms with Crippen LogP contribution in [0.5, 0.6) is 5.75 Å². The van der Waals surface area contributed by atoms with Gasteiger partial charge in [-0.05, 0) is 0 Å². The molecule has 0 saturated carbocycles. The van der Waals surface area contributed by atoms with Crippen LogP contribution in [0.1, 0.15) is 11.1 Å². The Kier molecular flexibility index (Phi) is 4.41. The highest BCUT2D eigenvalue weighted by Gasteiger charge is 2.41. The van der Waals surface area contributed by atoms with Gasteiger partial charge in [0.15, 0.2) is 5.75 Å². The molecule has 0 aliphatic carbocycles. The van der Waals surface area contributed by atoms with Gasteiger partial charge in [0.25, 0.3) is 10.0 Å². The van der Waals surface area contributed by atoms with Gasteiger partial charge in [-0.2, -0.15) is 13.2 Å². The first kappa shape index (κ1) is 17.5. The van der Waals surface area contributed by atoms with E-state index in [0.29, 0.717) is 0 Å². The van der Waals surface area contributed by atoms with Crippen LogP contribution in [0.25, 0.3) is 0 Å². The molecular formula is C8H7F6N3O3S. The van der Waals surface area contributed by atoms with Gasteiger partial charge in [0.05, 0.1) is 5.56 Å². The van der Waals surface area contributed by atoms with Crippen molar-refractivity contribution in [3.8, 4) is 5.75 Å². The lowest BCUT2D eigenvalue weighted by molar-refractivity contribution is -0.276. The molecule has 0 aliphatic rings. The van der Waals surface area contributed by atoms with Gasteiger partial charge < -0.3 is 10.5 Å². The predicted octanol–water partition coefficient (Wildman–Crippen LogP) is 1.11. The molecule has 13 heteroatoms. The highest BCUT2D eigenvalue weighted by atomic mass is 32.2. The zero-order valence-corrected chi connectivity index (χ0v) is 10.6. The molecule has 1 rings (SSSR count). The standard InChI is InChI=1S/C8H7F6N3O3S/c9-7(10,11)4-2-17-6(21(16,18)19)5(3(4)1-15)20-8(12,13)14/h2H,1,15H2,(H2,16,18,19). The molecule has 1 aromatic rings. The summed E-state index contributed by atoms with van der Waals surface area (Å²) in [5.74, 6) is -1.69. The van der Waals surface area contributed by atoms with Gasteiger partial charge in [-0.25, -0.2) is 18.5 Å². The molecule has 120 valence electrons. The van der Waals surface area contributed by atoms with Crippen molar-refractivity contribution >= 4 is 10.0 Å². The minimum absolute atomic E-state index is 0.0190. The average Bonchev–Trinajstić information content (AvgIpc) is 2.23. The number of primary sulfonamides is 1. The molecule has 21 heavy (non-hydrogen) atoms. The van der Waals surface area contributed by atoms with Crippen LogP contribution in [0.4, 0.5) is 26.3 Å². The normalized spacial score (nSPS) is 13.3. The molecule has 0 atom stereocenters. The van der Waals surface area contributed by atoms with E-state index in [9.17, 15) is 34.8 Å². The number of nitrogens with zero attached hydrogens (tertiary/aromatic N) is 1. The highest BCUT2D eigenvalue weighted by Crippen LogP contribution is 2.39. The van der Waals surface area contributed by atoms with E-state index < -0.39 is 51.0 Å². The van der Waals surface area contributed by atoms with Gasteiger partial charge in [0.2, 0.25) is 5.03 Å². The smallest absolute Gasteiger partial charge is 0.402 e. The van der Waals surface area contributed by atoms with Crippen molar-refractivity contribution in [1.82, 2.24) is 4.98 Å². The van der Waals surface area contributed by atoms with Gasteiger partial charge >= 0.3 is 12.5 Å². The van der Waals surface area contributed by atoms with Crippen LogP contribution in [-0.4, -0.2) is 19.8 Å². The summed E-state index contributed by atoms with van der Waals surface area (Å²) in [7, 11) is -4.86. The van der Waals surface area contributed by atoms with Crippen LogP contribution < -0.4 is 15.6 Å². The summed E-state index contributed by atoms with van der Waals surface area (Å²) < 4.78 is 100. The molecule has 0 unspecified atom stereocenters. The van der Waals surface area contributed by atoms with E-state index in [1.54, 1.807) is 0 Å². The quantitative estimate of drug-likeness (QED) is 0.802. The van der Waals surface area contributed by atoms with E-state index in [1.165, 1.54) is 0 Å². The second kappa shape index (κ2) is 5.31. The van der Waals surface area contributed by atoms with E-state index in [0.717, 1.165) is 0 Å². The first-order valence-corrected chi connectivity index (χ1v) is 6.39. The van der Waals surface area contributed by atoms with E-state index >= 15 is 0 Å². The van der Waals surface area contributed by atoms with Crippen molar-refractivity contribution in [1.29, 1.82) is 0 Å². The molecule has 0 bridgehead atoms. The average molecular weight is 339 g/mol. The van der Waals surface area contributed by atoms with E-state index in [1.807, 2.05) is 0 Å². The molecule has 0 aliphatic heterocycles. The van der Waals surface area contributed by atoms with Crippen molar-refractivity contribution in [3.63, 3.8) is 0 Å². The summed E-state index contributed by atoms with van der Waals surface area (Å²) in [5, 5.41) is 3.11. The molecule has 0 spiro atoms. The van der Waals surface area contributed by atoms with Crippen molar-refractivity contribution in [2.24, 2.45) is 10.9 Å². The van der Waals surface area contributed by atoms with Crippen LogP contribution >= 0.6 is 0 Å². The van der Waals surface area contributed by atoms with Crippen molar-refractivity contribution in [2.75, 3.05) is 0 Å². The lowest BCUT2D eigenvalue weighted by atomic mass is 10.1. The van der Waals surface area contributed by atoms with Crippen LogP contribution in [-0.2, 0) is 22.7 Å². The molecule has 1 aromatic heterocycles. The molecule has 6 nitrogen and oxygen atoms in total. The third-order valence-electron chi connectivity index (χ3n) is 2.10. The molecule has 0 saturated heterocycles. The number of aromatic nitrogens is 1. The van der Waals surface area contributed by atoms with Gasteiger partial charge in [-0.1, -0.05) is 0 Å². The van der Waals surface area contributed by atoms with Crippen molar-refractivity contribution < 1.29 is 39.5 Å². The molecule has 4 N–H and O–H groups in total. The Morgan fingerprint density at radius 3 is 2.05 bits per heavy atom. The Bertz CT molecular complexity index is 640. The number of nitrogens with two attached hydrogens (primary N) is 2. The zero-order chi connectivity index (χ0) is 16.6.